The van der Waals surface area contributed by atoms with Gasteiger partial charge in [-0.1, -0.05) is 42.5 Å². The van der Waals surface area contributed by atoms with Gasteiger partial charge in [0, 0.05) is 14.1 Å². The van der Waals surface area contributed by atoms with Crippen LogP contribution in [0.25, 0.3) is 0 Å². The fourth-order valence-corrected chi connectivity index (χ4v) is 5.40. The first kappa shape index (κ1) is 21.6. The summed E-state index contributed by atoms with van der Waals surface area (Å²) in [6, 6.07) is 20.5. The highest BCUT2D eigenvalue weighted by atomic mass is 32.2. The van der Waals surface area contributed by atoms with Crippen LogP contribution in [0.1, 0.15) is 22.9 Å². The number of hydroxylamine groups is 2. The fraction of sp³-hybridized carbons (Fsp3) is 0.304. The Hall–Kier alpha value is -2.65. The van der Waals surface area contributed by atoms with Gasteiger partial charge in [-0.05, 0) is 35.4 Å². The second-order valence-electron chi connectivity index (χ2n) is 7.55. The van der Waals surface area contributed by atoms with E-state index in [0.717, 1.165) is 11.1 Å². The molecule has 1 aromatic heterocycles. The van der Waals surface area contributed by atoms with Gasteiger partial charge in [-0.3, -0.25) is 4.84 Å². The molecular formula is C23H26N2O5S. The van der Waals surface area contributed by atoms with Gasteiger partial charge in [-0.2, -0.15) is 9.37 Å². The summed E-state index contributed by atoms with van der Waals surface area (Å²) < 4.78 is 39.2. The molecule has 3 aromatic rings. The molecule has 0 saturated carbocycles. The van der Waals surface area contributed by atoms with Crippen LogP contribution in [0.3, 0.4) is 0 Å². The van der Waals surface area contributed by atoms with Crippen LogP contribution in [0.15, 0.2) is 77.4 Å². The minimum Gasteiger partial charge on any atom is -0.489 e. The molecule has 8 heteroatoms. The van der Waals surface area contributed by atoms with E-state index < -0.39 is 21.3 Å². The van der Waals surface area contributed by atoms with E-state index in [1.54, 1.807) is 31.3 Å². The van der Waals surface area contributed by atoms with Crippen molar-refractivity contribution in [2.75, 3.05) is 20.7 Å². The topological polar surface area (TPSA) is 72.2 Å². The SMILES string of the molecule is CN1OC[C@H](S(=O)(=O)N(C)Cc2ccco2)[C@H]1c1cccc(OCc2ccccc2)c1. The Morgan fingerprint density at radius 2 is 1.90 bits per heavy atom. The monoisotopic (exact) mass is 442 g/mol. The van der Waals surface area contributed by atoms with Crippen molar-refractivity contribution in [2.45, 2.75) is 24.4 Å². The quantitative estimate of drug-likeness (QED) is 0.531. The number of benzene rings is 2. The molecule has 164 valence electrons. The van der Waals surface area contributed by atoms with E-state index in [1.165, 1.54) is 10.6 Å². The number of hydrogen-bond acceptors (Lipinski definition) is 6. The van der Waals surface area contributed by atoms with E-state index >= 15 is 0 Å². The zero-order valence-corrected chi connectivity index (χ0v) is 18.4. The van der Waals surface area contributed by atoms with E-state index in [9.17, 15) is 8.42 Å². The summed E-state index contributed by atoms with van der Waals surface area (Å²) in [5.74, 6) is 1.27. The van der Waals surface area contributed by atoms with Gasteiger partial charge in [0.15, 0.2) is 0 Å². The maximum atomic E-state index is 13.3. The lowest BCUT2D eigenvalue weighted by Crippen LogP contribution is -2.40. The highest BCUT2D eigenvalue weighted by molar-refractivity contribution is 7.89. The van der Waals surface area contributed by atoms with Gasteiger partial charge in [0.2, 0.25) is 10.0 Å². The van der Waals surface area contributed by atoms with Crippen LogP contribution < -0.4 is 4.74 Å². The average molecular weight is 443 g/mol. The fourth-order valence-electron chi connectivity index (χ4n) is 3.74. The Bertz CT molecular complexity index is 1090. The van der Waals surface area contributed by atoms with Crippen molar-refractivity contribution in [1.82, 2.24) is 9.37 Å². The van der Waals surface area contributed by atoms with Crippen molar-refractivity contribution >= 4 is 10.0 Å². The van der Waals surface area contributed by atoms with Crippen LogP contribution in [0.2, 0.25) is 0 Å². The molecule has 2 atom stereocenters. The summed E-state index contributed by atoms with van der Waals surface area (Å²) in [5.41, 5.74) is 1.89. The minimum atomic E-state index is -3.65. The molecule has 0 radical (unpaired) electrons. The van der Waals surface area contributed by atoms with Crippen molar-refractivity contribution < 1.29 is 22.4 Å². The molecule has 31 heavy (non-hydrogen) atoms. The zero-order chi connectivity index (χ0) is 21.8. The Labute approximate surface area is 182 Å². The van der Waals surface area contributed by atoms with E-state index in [2.05, 4.69) is 0 Å². The third-order valence-electron chi connectivity index (χ3n) is 5.41. The maximum absolute atomic E-state index is 13.3. The van der Waals surface area contributed by atoms with E-state index in [1.807, 2.05) is 54.6 Å². The third kappa shape index (κ3) is 4.83. The highest BCUT2D eigenvalue weighted by Gasteiger charge is 2.45. The maximum Gasteiger partial charge on any atom is 0.221 e. The van der Waals surface area contributed by atoms with E-state index in [4.69, 9.17) is 14.0 Å². The smallest absolute Gasteiger partial charge is 0.221 e. The molecule has 0 unspecified atom stereocenters. The summed E-state index contributed by atoms with van der Waals surface area (Å²) in [7, 11) is -0.331. The van der Waals surface area contributed by atoms with Crippen molar-refractivity contribution in [2.24, 2.45) is 0 Å². The van der Waals surface area contributed by atoms with Gasteiger partial charge in [0.25, 0.3) is 0 Å². The molecule has 0 N–H and O–H groups in total. The lowest BCUT2D eigenvalue weighted by molar-refractivity contribution is -0.110. The second kappa shape index (κ2) is 9.23. The Balaban J connectivity index is 1.53. The summed E-state index contributed by atoms with van der Waals surface area (Å²) >= 11 is 0. The molecule has 4 rings (SSSR count). The van der Waals surface area contributed by atoms with E-state index in [0.29, 0.717) is 18.1 Å². The number of rotatable bonds is 8. The molecule has 1 aliphatic heterocycles. The van der Waals surface area contributed by atoms with Crippen molar-refractivity contribution in [3.05, 3.63) is 89.9 Å². The van der Waals surface area contributed by atoms with Crippen LogP contribution in [0.5, 0.6) is 5.75 Å². The van der Waals surface area contributed by atoms with Crippen molar-refractivity contribution in [1.29, 1.82) is 0 Å². The third-order valence-corrected chi connectivity index (χ3v) is 7.57. The summed E-state index contributed by atoms with van der Waals surface area (Å²) in [5, 5.41) is 0.862. The van der Waals surface area contributed by atoms with Crippen LogP contribution in [0, 0.1) is 0 Å². The molecule has 1 saturated heterocycles. The Morgan fingerprint density at radius 3 is 2.65 bits per heavy atom. The van der Waals surface area contributed by atoms with Crippen LogP contribution in [-0.2, 0) is 28.0 Å². The second-order valence-corrected chi connectivity index (χ2v) is 9.81. The lowest BCUT2D eigenvalue weighted by atomic mass is 10.0. The molecule has 0 spiro atoms. The highest BCUT2D eigenvalue weighted by Crippen LogP contribution is 2.36. The Kier molecular flexibility index (Phi) is 6.43. The predicted molar refractivity (Wildman–Crippen MR) is 117 cm³/mol. The molecule has 1 aliphatic rings. The first-order valence-corrected chi connectivity index (χ1v) is 11.6. The standard InChI is InChI=1S/C23H26N2O5S/c1-24(15-21-12-7-13-28-21)31(26,27)22-17-30-25(2)23(22)19-10-6-11-20(14-19)29-16-18-8-4-3-5-9-18/h3-14,22-23H,15-17H2,1-2H3/t22-,23+/m0/s1. The van der Waals surface area contributed by atoms with Crippen molar-refractivity contribution in [3.63, 3.8) is 0 Å². The van der Waals surface area contributed by atoms with Gasteiger partial charge < -0.3 is 9.15 Å². The van der Waals surface area contributed by atoms with Gasteiger partial charge in [-0.15, -0.1) is 0 Å². The van der Waals surface area contributed by atoms with Gasteiger partial charge in [0.1, 0.15) is 23.4 Å². The summed E-state index contributed by atoms with van der Waals surface area (Å²) in [6.07, 6.45) is 1.53. The summed E-state index contributed by atoms with van der Waals surface area (Å²) in [6.45, 7) is 0.693. The average Bonchev–Trinajstić information content (AvgIpc) is 3.43. The first-order valence-electron chi connectivity index (χ1n) is 10.0. The Morgan fingerprint density at radius 1 is 1.10 bits per heavy atom. The largest absolute Gasteiger partial charge is 0.489 e. The van der Waals surface area contributed by atoms with Crippen molar-refractivity contribution in [3.8, 4) is 5.75 Å². The van der Waals surface area contributed by atoms with Gasteiger partial charge >= 0.3 is 0 Å². The molecule has 2 aromatic carbocycles. The van der Waals surface area contributed by atoms with Crippen LogP contribution in [-0.4, -0.2) is 43.7 Å². The molecular weight excluding hydrogens is 416 g/mol. The number of furan rings is 1. The molecule has 0 amide bonds. The number of ether oxygens (including phenoxy) is 1. The molecule has 7 nitrogen and oxygen atoms in total. The minimum absolute atomic E-state index is 0.0844. The van der Waals surface area contributed by atoms with Gasteiger partial charge in [0.05, 0.1) is 25.5 Å². The lowest BCUT2D eigenvalue weighted by Gasteiger charge is -2.26. The normalized spacial score (nSPS) is 19.7. The predicted octanol–water partition coefficient (Wildman–Crippen LogP) is 3.61. The molecule has 0 bridgehead atoms. The molecule has 0 aliphatic carbocycles. The molecule has 2 heterocycles. The zero-order valence-electron chi connectivity index (χ0n) is 17.5. The summed E-state index contributed by atoms with van der Waals surface area (Å²) in [4.78, 5) is 5.64. The van der Waals surface area contributed by atoms with E-state index in [-0.39, 0.29) is 13.2 Å². The number of nitrogens with zero attached hydrogens (tertiary/aromatic N) is 2. The molecule has 1 fully saturated rings. The van der Waals surface area contributed by atoms with Crippen LogP contribution in [0.4, 0.5) is 0 Å². The van der Waals surface area contributed by atoms with Crippen LogP contribution >= 0.6 is 0 Å². The number of sulfonamides is 1. The number of hydrogen-bond donors (Lipinski definition) is 0. The van der Waals surface area contributed by atoms with Gasteiger partial charge in [-0.25, -0.2) is 8.42 Å². The first-order chi connectivity index (χ1) is 14.9.